The van der Waals surface area contributed by atoms with Crippen molar-refractivity contribution in [3.05, 3.63) is 29.3 Å². The van der Waals surface area contributed by atoms with Crippen molar-refractivity contribution in [2.75, 3.05) is 18.0 Å². The molecule has 1 unspecified atom stereocenters. The topological polar surface area (TPSA) is 3.24 Å². The molecule has 94 valence electrons. The van der Waals surface area contributed by atoms with E-state index in [9.17, 15) is 0 Å². The molecular formula is C15H22BrN. The minimum atomic E-state index is 0.883. The summed E-state index contributed by atoms with van der Waals surface area (Å²) < 4.78 is 0. The fourth-order valence-corrected chi connectivity index (χ4v) is 3.20. The first kappa shape index (κ1) is 12.9. The molecule has 2 rings (SSSR count). The van der Waals surface area contributed by atoms with Crippen molar-refractivity contribution in [1.29, 1.82) is 0 Å². The van der Waals surface area contributed by atoms with Gasteiger partial charge in [-0.2, -0.15) is 0 Å². The van der Waals surface area contributed by atoms with E-state index in [0.717, 1.165) is 11.2 Å². The van der Waals surface area contributed by atoms with Crippen LogP contribution in [-0.4, -0.2) is 13.1 Å². The number of hydrogen-bond acceptors (Lipinski definition) is 1. The molecule has 0 amide bonds. The Bertz CT molecular complexity index is 375. The standard InChI is InChI=1S/C15H22BrN/c1-3-13-5-4-8-17(11-13)15-7-6-12(2)9-14(15)10-16/h6-7,9,13H,3-5,8,10-11H2,1-2H3. The van der Waals surface area contributed by atoms with Gasteiger partial charge in [-0.25, -0.2) is 0 Å². The van der Waals surface area contributed by atoms with Crippen LogP contribution < -0.4 is 4.90 Å². The van der Waals surface area contributed by atoms with E-state index in [1.54, 1.807) is 0 Å². The molecule has 0 aliphatic carbocycles. The third-order valence-electron chi connectivity index (χ3n) is 3.82. The molecule has 1 atom stereocenters. The summed E-state index contributed by atoms with van der Waals surface area (Å²) in [5.41, 5.74) is 4.22. The van der Waals surface area contributed by atoms with Crippen molar-refractivity contribution in [3.63, 3.8) is 0 Å². The molecule has 17 heavy (non-hydrogen) atoms. The summed E-state index contributed by atoms with van der Waals surface area (Å²) in [6.45, 7) is 6.94. The van der Waals surface area contributed by atoms with Crippen molar-refractivity contribution < 1.29 is 0 Å². The van der Waals surface area contributed by atoms with Gasteiger partial charge in [-0.05, 0) is 37.3 Å². The highest BCUT2D eigenvalue weighted by atomic mass is 79.9. The summed E-state index contributed by atoms with van der Waals surface area (Å²) in [5.74, 6) is 0.883. The van der Waals surface area contributed by atoms with Gasteiger partial charge in [0.25, 0.3) is 0 Å². The lowest BCUT2D eigenvalue weighted by molar-refractivity contribution is 0.404. The lowest BCUT2D eigenvalue weighted by Gasteiger charge is -2.35. The molecule has 1 saturated heterocycles. The number of alkyl halides is 1. The summed E-state index contributed by atoms with van der Waals surface area (Å²) in [6, 6.07) is 6.83. The van der Waals surface area contributed by atoms with Crippen LogP contribution >= 0.6 is 15.9 Å². The van der Waals surface area contributed by atoms with Gasteiger partial charge in [0.15, 0.2) is 0 Å². The Balaban J connectivity index is 2.20. The molecule has 0 spiro atoms. The summed E-state index contributed by atoms with van der Waals surface area (Å²) >= 11 is 3.61. The molecule has 1 heterocycles. The van der Waals surface area contributed by atoms with Crippen LogP contribution in [0.2, 0.25) is 0 Å². The molecule has 1 aliphatic heterocycles. The van der Waals surface area contributed by atoms with E-state index in [2.05, 4.69) is 52.9 Å². The number of rotatable bonds is 3. The molecule has 2 heteroatoms. The maximum Gasteiger partial charge on any atom is 0.0407 e. The highest BCUT2D eigenvalue weighted by Gasteiger charge is 2.20. The van der Waals surface area contributed by atoms with Gasteiger partial charge in [0.05, 0.1) is 0 Å². The van der Waals surface area contributed by atoms with E-state index in [1.807, 2.05) is 0 Å². The third kappa shape index (κ3) is 3.04. The first-order chi connectivity index (χ1) is 8.24. The Labute approximate surface area is 113 Å². The van der Waals surface area contributed by atoms with Crippen LogP contribution in [0.4, 0.5) is 5.69 Å². The molecule has 1 fully saturated rings. The Morgan fingerprint density at radius 3 is 2.94 bits per heavy atom. The predicted molar refractivity (Wildman–Crippen MR) is 79.0 cm³/mol. The Morgan fingerprint density at radius 2 is 2.24 bits per heavy atom. The Kier molecular flexibility index (Phi) is 4.49. The molecule has 1 aromatic carbocycles. The van der Waals surface area contributed by atoms with Gasteiger partial charge in [-0.1, -0.05) is 47.0 Å². The highest BCUT2D eigenvalue weighted by Crippen LogP contribution is 2.29. The van der Waals surface area contributed by atoms with E-state index in [-0.39, 0.29) is 0 Å². The van der Waals surface area contributed by atoms with Gasteiger partial charge in [-0.3, -0.25) is 0 Å². The SMILES string of the molecule is CCC1CCCN(c2ccc(C)cc2CBr)C1. The number of anilines is 1. The first-order valence-corrected chi connectivity index (χ1v) is 7.77. The van der Waals surface area contributed by atoms with Gasteiger partial charge < -0.3 is 4.90 Å². The Hall–Kier alpha value is -0.500. The second-order valence-electron chi connectivity index (χ2n) is 5.13. The van der Waals surface area contributed by atoms with Crippen LogP contribution in [0.25, 0.3) is 0 Å². The van der Waals surface area contributed by atoms with E-state index in [0.29, 0.717) is 0 Å². The van der Waals surface area contributed by atoms with Gasteiger partial charge >= 0.3 is 0 Å². The number of piperidine rings is 1. The lowest BCUT2D eigenvalue weighted by Crippen LogP contribution is -2.35. The lowest BCUT2D eigenvalue weighted by atomic mass is 9.94. The summed E-state index contributed by atoms with van der Waals surface area (Å²) in [7, 11) is 0. The number of halogens is 1. The van der Waals surface area contributed by atoms with Crippen molar-refractivity contribution in [3.8, 4) is 0 Å². The molecule has 1 aliphatic rings. The number of nitrogens with zero attached hydrogens (tertiary/aromatic N) is 1. The summed E-state index contributed by atoms with van der Waals surface area (Å²) in [5, 5.41) is 0.956. The normalized spacial score (nSPS) is 20.6. The summed E-state index contributed by atoms with van der Waals surface area (Å²) in [6.07, 6.45) is 4.06. The maximum atomic E-state index is 3.61. The van der Waals surface area contributed by atoms with Crippen molar-refractivity contribution >= 4 is 21.6 Å². The smallest absolute Gasteiger partial charge is 0.0407 e. The molecule has 1 nitrogen and oxygen atoms in total. The van der Waals surface area contributed by atoms with Gasteiger partial charge in [0.1, 0.15) is 0 Å². The molecule has 0 aromatic heterocycles. The molecule has 0 saturated carbocycles. The van der Waals surface area contributed by atoms with Crippen LogP contribution in [0.1, 0.15) is 37.3 Å². The van der Waals surface area contributed by atoms with Gasteiger partial charge in [0.2, 0.25) is 0 Å². The van der Waals surface area contributed by atoms with E-state index in [1.165, 1.54) is 49.2 Å². The van der Waals surface area contributed by atoms with Gasteiger partial charge in [-0.15, -0.1) is 0 Å². The zero-order valence-corrected chi connectivity index (χ0v) is 12.5. The Morgan fingerprint density at radius 1 is 1.41 bits per heavy atom. The van der Waals surface area contributed by atoms with E-state index < -0.39 is 0 Å². The monoisotopic (exact) mass is 295 g/mol. The molecule has 0 radical (unpaired) electrons. The first-order valence-electron chi connectivity index (χ1n) is 6.65. The third-order valence-corrected chi connectivity index (χ3v) is 4.42. The molecular weight excluding hydrogens is 274 g/mol. The van der Waals surface area contributed by atoms with Crippen LogP contribution in [0.5, 0.6) is 0 Å². The molecule has 0 bridgehead atoms. The minimum absolute atomic E-state index is 0.883. The van der Waals surface area contributed by atoms with Crippen LogP contribution in [0.3, 0.4) is 0 Å². The number of aryl methyl sites for hydroxylation is 1. The van der Waals surface area contributed by atoms with Crippen LogP contribution in [0, 0.1) is 12.8 Å². The van der Waals surface area contributed by atoms with E-state index >= 15 is 0 Å². The number of hydrogen-bond donors (Lipinski definition) is 0. The van der Waals surface area contributed by atoms with Crippen LogP contribution in [0.15, 0.2) is 18.2 Å². The average molecular weight is 296 g/mol. The second kappa shape index (κ2) is 5.90. The fraction of sp³-hybridized carbons (Fsp3) is 0.600. The highest BCUT2D eigenvalue weighted by molar-refractivity contribution is 9.08. The van der Waals surface area contributed by atoms with Crippen LogP contribution in [-0.2, 0) is 5.33 Å². The zero-order chi connectivity index (χ0) is 12.3. The van der Waals surface area contributed by atoms with Gasteiger partial charge in [0, 0.05) is 24.1 Å². The second-order valence-corrected chi connectivity index (χ2v) is 5.69. The predicted octanol–water partition coefficient (Wildman–Crippen LogP) is 4.52. The van der Waals surface area contributed by atoms with Crippen molar-refractivity contribution in [2.24, 2.45) is 5.92 Å². The van der Waals surface area contributed by atoms with Crippen molar-refractivity contribution in [1.82, 2.24) is 0 Å². The number of benzene rings is 1. The minimum Gasteiger partial charge on any atom is -0.371 e. The van der Waals surface area contributed by atoms with Crippen molar-refractivity contribution in [2.45, 2.75) is 38.4 Å². The largest absolute Gasteiger partial charge is 0.371 e. The maximum absolute atomic E-state index is 3.61. The average Bonchev–Trinajstić information content (AvgIpc) is 2.38. The fourth-order valence-electron chi connectivity index (χ4n) is 2.75. The molecule has 0 N–H and O–H groups in total. The quantitative estimate of drug-likeness (QED) is 0.741. The zero-order valence-electron chi connectivity index (χ0n) is 10.9. The summed E-state index contributed by atoms with van der Waals surface area (Å²) in [4.78, 5) is 2.58. The van der Waals surface area contributed by atoms with E-state index in [4.69, 9.17) is 0 Å². The molecule has 1 aromatic rings.